The van der Waals surface area contributed by atoms with Crippen LogP contribution in [0.5, 0.6) is 0 Å². The van der Waals surface area contributed by atoms with Crippen molar-refractivity contribution in [2.24, 2.45) is 0 Å². The molecule has 1 atom stereocenters. The number of thiophene rings is 1. The summed E-state index contributed by atoms with van der Waals surface area (Å²) in [7, 11) is -3.77. The molecule has 0 aliphatic heterocycles. The first-order valence-electron chi connectivity index (χ1n) is 5.91. The van der Waals surface area contributed by atoms with Gasteiger partial charge in [-0.15, -0.1) is 0 Å². The SMILES string of the molecule is Cc1noc(C)c1S(=O)(=O)NCC(C)(O)c1ccsc1. The molecule has 0 aromatic carbocycles. The lowest BCUT2D eigenvalue weighted by atomic mass is 10.0. The van der Waals surface area contributed by atoms with Crippen LogP contribution in [0, 0.1) is 13.8 Å². The van der Waals surface area contributed by atoms with E-state index in [9.17, 15) is 13.5 Å². The predicted molar refractivity (Wildman–Crippen MR) is 75.1 cm³/mol. The van der Waals surface area contributed by atoms with Crippen molar-refractivity contribution in [2.45, 2.75) is 31.3 Å². The Hall–Kier alpha value is -1.22. The van der Waals surface area contributed by atoms with Crippen LogP contribution in [0.2, 0.25) is 0 Å². The first-order chi connectivity index (χ1) is 9.24. The Kier molecular flexibility index (Phi) is 4.01. The average Bonchev–Trinajstić information content (AvgIpc) is 2.98. The molecule has 2 rings (SSSR count). The zero-order valence-corrected chi connectivity index (χ0v) is 13.0. The smallest absolute Gasteiger partial charge is 0.246 e. The fraction of sp³-hybridized carbons (Fsp3) is 0.417. The van der Waals surface area contributed by atoms with Crippen LogP contribution in [-0.4, -0.2) is 25.2 Å². The zero-order chi connectivity index (χ0) is 15.0. The van der Waals surface area contributed by atoms with Crippen LogP contribution >= 0.6 is 11.3 Å². The first kappa shape index (κ1) is 15.2. The van der Waals surface area contributed by atoms with Gasteiger partial charge in [-0.2, -0.15) is 11.3 Å². The topological polar surface area (TPSA) is 92.4 Å². The Balaban J connectivity index is 2.19. The summed E-state index contributed by atoms with van der Waals surface area (Å²) < 4.78 is 31.7. The number of hydrogen-bond donors (Lipinski definition) is 2. The van der Waals surface area contributed by atoms with E-state index in [-0.39, 0.29) is 17.2 Å². The summed E-state index contributed by atoms with van der Waals surface area (Å²) >= 11 is 1.44. The molecule has 0 bridgehead atoms. The van der Waals surface area contributed by atoms with Crippen LogP contribution in [0.4, 0.5) is 0 Å². The minimum absolute atomic E-state index is 0.0265. The third-order valence-corrected chi connectivity index (χ3v) is 5.31. The number of sulfonamides is 1. The van der Waals surface area contributed by atoms with Gasteiger partial charge in [-0.1, -0.05) is 5.16 Å². The van der Waals surface area contributed by atoms with Gasteiger partial charge in [0.15, 0.2) is 5.76 Å². The minimum Gasteiger partial charge on any atom is -0.384 e. The summed E-state index contributed by atoms with van der Waals surface area (Å²) in [6.07, 6.45) is 0. The van der Waals surface area contributed by atoms with Crippen molar-refractivity contribution in [3.8, 4) is 0 Å². The molecular weight excluding hydrogens is 300 g/mol. The minimum atomic E-state index is -3.77. The zero-order valence-electron chi connectivity index (χ0n) is 11.4. The summed E-state index contributed by atoms with van der Waals surface area (Å²) in [5.74, 6) is 0.227. The average molecular weight is 316 g/mol. The lowest BCUT2D eigenvalue weighted by Crippen LogP contribution is -2.38. The van der Waals surface area contributed by atoms with Gasteiger partial charge in [-0.05, 0) is 43.2 Å². The molecular formula is C12H16N2O4S2. The summed E-state index contributed by atoms with van der Waals surface area (Å²) in [5.41, 5.74) is -0.305. The predicted octanol–water partition coefficient (Wildman–Crippen LogP) is 1.54. The van der Waals surface area contributed by atoms with E-state index in [0.29, 0.717) is 11.3 Å². The molecule has 8 heteroatoms. The molecule has 2 N–H and O–H groups in total. The van der Waals surface area contributed by atoms with Crippen molar-refractivity contribution in [2.75, 3.05) is 6.54 Å². The van der Waals surface area contributed by atoms with Crippen molar-refractivity contribution in [3.63, 3.8) is 0 Å². The Morgan fingerprint density at radius 3 is 2.70 bits per heavy atom. The number of rotatable bonds is 5. The van der Waals surface area contributed by atoms with Crippen LogP contribution in [0.15, 0.2) is 26.2 Å². The van der Waals surface area contributed by atoms with Gasteiger partial charge in [0, 0.05) is 6.54 Å². The van der Waals surface area contributed by atoms with Crippen molar-refractivity contribution >= 4 is 21.4 Å². The first-order valence-corrected chi connectivity index (χ1v) is 8.34. The maximum absolute atomic E-state index is 12.2. The highest BCUT2D eigenvalue weighted by atomic mass is 32.2. The highest BCUT2D eigenvalue weighted by Gasteiger charge is 2.29. The molecule has 0 amide bonds. The Morgan fingerprint density at radius 1 is 1.50 bits per heavy atom. The second kappa shape index (κ2) is 5.28. The van der Waals surface area contributed by atoms with E-state index in [1.165, 1.54) is 18.3 Å². The molecule has 110 valence electrons. The summed E-state index contributed by atoms with van der Waals surface area (Å²) in [5, 5.41) is 17.5. The quantitative estimate of drug-likeness (QED) is 0.873. The third-order valence-electron chi connectivity index (χ3n) is 2.99. The number of nitrogens with one attached hydrogen (secondary N) is 1. The molecule has 1 unspecified atom stereocenters. The van der Waals surface area contributed by atoms with E-state index in [1.54, 1.807) is 25.3 Å². The molecule has 2 aromatic rings. The van der Waals surface area contributed by atoms with Gasteiger partial charge in [0.1, 0.15) is 16.2 Å². The molecule has 0 saturated carbocycles. The van der Waals surface area contributed by atoms with Gasteiger partial charge in [0.2, 0.25) is 10.0 Å². The number of aromatic nitrogens is 1. The fourth-order valence-electron chi connectivity index (χ4n) is 1.84. The number of hydrogen-bond acceptors (Lipinski definition) is 6. The highest BCUT2D eigenvalue weighted by Crippen LogP contribution is 2.24. The van der Waals surface area contributed by atoms with E-state index in [1.807, 2.05) is 5.38 Å². The van der Waals surface area contributed by atoms with Gasteiger partial charge in [0.05, 0.1) is 0 Å². The summed E-state index contributed by atoms with van der Waals surface area (Å²) in [6.45, 7) is 4.52. The highest BCUT2D eigenvalue weighted by molar-refractivity contribution is 7.89. The second-order valence-electron chi connectivity index (χ2n) is 4.76. The van der Waals surface area contributed by atoms with Crippen molar-refractivity contribution in [3.05, 3.63) is 33.8 Å². The molecule has 0 spiro atoms. The van der Waals surface area contributed by atoms with Crippen molar-refractivity contribution < 1.29 is 18.0 Å². The van der Waals surface area contributed by atoms with E-state index < -0.39 is 15.6 Å². The monoisotopic (exact) mass is 316 g/mol. The second-order valence-corrected chi connectivity index (χ2v) is 7.25. The lowest BCUT2D eigenvalue weighted by Gasteiger charge is -2.22. The molecule has 20 heavy (non-hydrogen) atoms. The van der Waals surface area contributed by atoms with E-state index >= 15 is 0 Å². The van der Waals surface area contributed by atoms with E-state index in [2.05, 4.69) is 9.88 Å². The largest absolute Gasteiger partial charge is 0.384 e. The molecule has 2 heterocycles. The van der Waals surface area contributed by atoms with Gasteiger partial charge in [-0.25, -0.2) is 13.1 Å². The van der Waals surface area contributed by atoms with Gasteiger partial charge in [0.25, 0.3) is 0 Å². The normalized spacial score (nSPS) is 15.2. The molecule has 2 aromatic heterocycles. The molecule has 0 aliphatic rings. The Morgan fingerprint density at radius 2 is 2.20 bits per heavy atom. The van der Waals surface area contributed by atoms with Gasteiger partial charge < -0.3 is 9.63 Å². The van der Waals surface area contributed by atoms with Crippen LogP contribution in [0.3, 0.4) is 0 Å². The summed E-state index contributed by atoms with van der Waals surface area (Å²) in [4.78, 5) is 0.0265. The maximum Gasteiger partial charge on any atom is 0.246 e. The Bertz CT molecular complexity index is 668. The number of aryl methyl sites for hydroxylation is 2. The van der Waals surface area contributed by atoms with Gasteiger partial charge >= 0.3 is 0 Å². The molecule has 0 fully saturated rings. The van der Waals surface area contributed by atoms with Crippen molar-refractivity contribution in [1.82, 2.24) is 9.88 Å². The number of aliphatic hydroxyl groups is 1. The molecule has 0 saturated heterocycles. The standard InChI is InChI=1S/C12H16N2O4S2/c1-8-11(9(2)18-14-8)20(16,17)13-7-12(3,15)10-4-5-19-6-10/h4-6,13,15H,7H2,1-3H3. The number of nitrogens with zero attached hydrogens (tertiary/aromatic N) is 1. The van der Waals surface area contributed by atoms with E-state index in [4.69, 9.17) is 4.52 Å². The summed E-state index contributed by atoms with van der Waals surface area (Å²) in [6, 6.07) is 1.76. The van der Waals surface area contributed by atoms with Crippen LogP contribution in [0.1, 0.15) is 23.9 Å². The van der Waals surface area contributed by atoms with E-state index in [0.717, 1.165) is 0 Å². The van der Waals surface area contributed by atoms with Crippen LogP contribution in [-0.2, 0) is 15.6 Å². The Labute approximate surface area is 121 Å². The van der Waals surface area contributed by atoms with Gasteiger partial charge in [-0.3, -0.25) is 0 Å². The maximum atomic E-state index is 12.2. The van der Waals surface area contributed by atoms with Crippen molar-refractivity contribution in [1.29, 1.82) is 0 Å². The third kappa shape index (κ3) is 2.93. The fourth-order valence-corrected chi connectivity index (χ4v) is 4.08. The molecule has 0 aliphatic carbocycles. The molecule has 6 nitrogen and oxygen atoms in total. The lowest BCUT2D eigenvalue weighted by molar-refractivity contribution is 0.0632. The van der Waals surface area contributed by atoms with Crippen LogP contribution < -0.4 is 4.72 Å². The molecule has 0 radical (unpaired) electrons. The van der Waals surface area contributed by atoms with Crippen LogP contribution in [0.25, 0.3) is 0 Å².